The zero-order chi connectivity index (χ0) is 24.0. The van der Waals surface area contributed by atoms with Gasteiger partial charge in [-0.15, -0.1) is 0 Å². The molecule has 1 unspecified atom stereocenters. The largest absolute Gasteiger partial charge is 0.495 e. The van der Waals surface area contributed by atoms with E-state index >= 15 is 0 Å². The lowest BCUT2D eigenvalue weighted by Crippen LogP contribution is -2.46. The maximum Gasteiger partial charge on any atom is 0.253 e. The Morgan fingerprint density at radius 3 is 2.27 bits per heavy atom. The van der Waals surface area contributed by atoms with E-state index in [0.717, 1.165) is 5.41 Å². The summed E-state index contributed by atoms with van der Waals surface area (Å²) in [7, 11) is -2.32. The second kappa shape index (κ2) is 10.3. The molecule has 0 heterocycles. The maximum atomic E-state index is 13.2. The fourth-order valence-electron chi connectivity index (χ4n) is 2.97. The predicted molar refractivity (Wildman–Crippen MR) is 127 cm³/mol. The van der Waals surface area contributed by atoms with Gasteiger partial charge in [-0.3, -0.25) is 9.59 Å². The average Bonchev–Trinajstić information content (AvgIpc) is 2.84. The second-order valence-electron chi connectivity index (χ2n) is 6.86. The molecule has 3 aromatic carbocycles. The monoisotopic (exact) mass is 484 g/mol. The highest BCUT2D eigenvalue weighted by Crippen LogP contribution is 2.29. The molecule has 0 saturated carbocycles. The Morgan fingerprint density at radius 2 is 1.67 bits per heavy atom. The van der Waals surface area contributed by atoms with Crippen molar-refractivity contribution in [3.05, 3.63) is 101 Å². The van der Waals surface area contributed by atoms with Crippen molar-refractivity contribution in [2.24, 2.45) is 0 Å². The summed E-state index contributed by atoms with van der Waals surface area (Å²) in [6, 6.07) is 18.8. The van der Waals surface area contributed by atoms with Gasteiger partial charge in [0.2, 0.25) is 5.78 Å². The Kier molecular flexibility index (Phi) is 7.52. The Hall–Kier alpha value is -3.62. The molecule has 3 rings (SSSR count). The van der Waals surface area contributed by atoms with E-state index in [0.29, 0.717) is 21.8 Å². The third kappa shape index (κ3) is 5.79. The van der Waals surface area contributed by atoms with Gasteiger partial charge in [-0.2, -0.15) is 0 Å². The third-order valence-corrected chi connectivity index (χ3v) is 6.32. The molecule has 0 aliphatic rings. The highest BCUT2D eigenvalue weighted by atomic mass is 35.5. The van der Waals surface area contributed by atoms with Crippen LogP contribution >= 0.6 is 11.6 Å². The van der Waals surface area contributed by atoms with Gasteiger partial charge in [-0.25, -0.2) is 8.42 Å². The fourth-order valence-corrected chi connectivity index (χ4v) is 3.82. The summed E-state index contributed by atoms with van der Waals surface area (Å²) >= 11 is 5.89. The Bertz CT molecular complexity index is 1280. The van der Waals surface area contributed by atoms with E-state index in [1.807, 2.05) is 0 Å². The quantitative estimate of drug-likeness (QED) is 0.346. The number of halogens is 1. The number of hydrogen-bond acceptors (Lipinski definition) is 6. The maximum absolute atomic E-state index is 13.2. The summed E-state index contributed by atoms with van der Waals surface area (Å²) in [6.07, 6.45) is -1.17. The number of rotatable bonds is 9. The Labute approximate surface area is 197 Å². The summed E-state index contributed by atoms with van der Waals surface area (Å²) in [5, 5.41) is 6.94. The molecule has 0 aliphatic carbocycles. The van der Waals surface area contributed by atoms with E-state index in [9.17, 15) is 18.0 Å². The molecule has 0 bridgehead atoms. The number of Topliss-reactive ketones (excluding diaryl/α,β-unsaturated/α-hetero) is 1. The zero-order valence-corrected chi connectivity index (χ0v) is 19.2. The fraction of sp³-hybridized carbons (Fsp3) is 0.0833. The highest BCUT2D eigenvalue weighted by molar-refractivity contribution is 7.94. The number of carbonyl (C=O) groups excluding carboxylic acids is 2. The minimum atomic E-state index is -3.69. The van der Waals surface area contributed by atoms with Crippen LogP contribution in [-0.4, -0.2) is 33.4 Å². The molecule has 0 spiro atoms. The van der Waals surface area contributed by atoms with E-state index in [2.05, 4.69) is 17.2 Å². The van der Waals surface area contributed by atoms with Gasteiger partial charge in [0.25, 0.3) is 5.91 Å². The van der Waals surface area contributed by atoms with Crippen LogP contribution in [0.1, 0.15) is 20.7 Å². The molecule has 0 radical (unpaired) electrons. The summed E-state index contributed by atoms with van der Waals surface area (Å²) < 4.78 is 29.5. The molecular weight excluding hydrogens is 464 g/mol. The number of nitrogens with one attached hydrogen (secondary N) is 2. The molecule has 0 aliphatic heterocycles. The van der Waals surface area contributed by atoms with Crippen LogP contribution in [0.5, 0.6) is 5.75 Å². The molecule has 7 nitrogen and oxygen atoms in total. The summed E-state index contributed by atoms with van der Waals surface area (Å²) in [6.45, 7) is 3.31. The summed E-state index contributed by atoms with van der Waals surface area (Å²) in [5.74, 6) is -0.731. The van der Waals surface area contributed by atoms with Crippen LogP contribution in [0.15, 0.2) is 89.7 Å². The number of carbonyl (C=O) groups is 2. The van der Waals surface area contributed by atoms with Crippen molar-refractivity contribution in [2.45, 2.75) is 11.1 Å². The number of amides is 1. The molecule has 0 fully saturated rings. The van der Waals surface area contributed by atoms with Gasteiger partial charge in [-0.1, -0.05) is 48.5 Å². The Morgan fingerprint density at radius 1 is 1.00 bits per heavy atom. The third-order valence-electron chi connectivity index (χ3n) is 4.72. The van der Waals surface area contributed by atoms with E-state index < -0.39 is 27.7 Å². The van der Waals surface area contributed by atoms with E-state index in [1.165, 1.54) is 37.4 Å². The van der Waals surface area contributed by atoms with Crippen molar-refractivity contribution in [1.82, 2.24) is 5.32 Å². The highest BCUT2D eigenvalue weighted by Gasteiger charge is 2.24. The van der Waals surface area contributed by atoms with Gasteiger partial charge in [-0.05, 0) is 36.4 Å². The van der Waals surface area contributed by atoms with Crippen molar-refractivity contribution >= 4 is 38.8 Å². The molecule has 170 valence electrons. The standard InChI is InChI=1S/C24H21ClN2O5S/c1-3-33(30,31)19-13-14-20(21(15-19)32-2)26-23(22(28)16-7-5-4-6-8-16)27-24(29)17-9-11-18(25)12-10-17/h3-15,23,26H,1H2,2H3,(H,27,29). The van der Waals surface area contributed by atoms with Crippen molar-refractivity contribution in [3.63, 3.8) is 0 Å². The first-order valence-corrected chi connectivity index (χ1v) is 11.7. The van der Waals surface area contributed by atoms with Crippen LogP contribution in [0.25, 0.3) is 0 Å². The molecule has 0 aromatic heterocycles. The van der Waals surface area contributed by atoms with Crippen LogP contribution in [0.3, 0.4) is 0 Å². The normalized spacial score (nSPS) is 11.8. The Balaban J connectivity index is 1.95. The molecular formula is C24H21ClN2O5S. The van der Waals surface area contributed by atoms with Gasteiger partial charge >= 0.3 is 0 Å². The van der Waals surface area contributed by atoms with Crippen LogP contribution < -0.4 is 15.4 Å². The topological polar surface area (TPSA) is 102 Å². The molecule has 0 saturated heterocycles. The molecule has 9 heteroatoms. The van der Waals surface area contributed by atoms with Crippen LogP contribution in [0, 0.1) is 0 Å². The molecule has 1 amide bonds. The van der Waals surface area contributed by atoms with Crippen molar-refractivity contribution in [2.75, 3.05) is 12.4 Å². The summed E-state index contributed by atoms with van der Waals surface area (Å²) in [4.78, 5) is 26.0. The number of ketones is 1. The van der Waals surface area contributed by atoms with Crippen molar-refractivity contribution in [3.8, 4) is 5.75 Å². The number of methoxy groups -OCH3 is 1. The SMILES string of the molecule is C=CS(=O)(=O)c1ccc(NC(NC(=O)c2ccc(Cl)cc2)C(=O)c2ccccc2)c(OC)c1. The molecule has 2 N–H and O–H groups in total. The van der Waals surface area contributed by atoms with E-state index in [1.54, 1.807) is 42.5 Å². The lowest BCUT2D eigenvalue weighted by molar-refractivity contribution is 0.0869. The van der Waals surface area contributed by atoms with Gasteiger partial charge < -0.3 is 15.4 Å². The predicted octanol–water partition coefficient (Wildman–Crippen LogP) is 4.32. The molecule has 3 aromatic rings. The number of ether oxygens (including phenoxy) is 1. The van der Waals surface area contributed by atoms with Gasteiger partial charge in [0.15, 0.2) is 16.0 Å². The van der Waals surface area contributed by atoms with E-state index in [-0.39, 0.29) is 10.6 Å². The lowest BCUT2D eigenvalue weighted by atomic mass is 10.1. The minimum Gasteiger partial charge on any atom is -0.495 e. The van der Waals surface area contributed by atoms with Gasteiger partial charge in [0.05, 0.1) is 17.7 Å². The van der Waals surface area contributed by atoms with E-state index in [4.69, 9.17) is 16.3 Å². The average molecular weight is 485 g/mol. The van der Waals surface area contributed by atoms with Crippen LogP contribution in [0.2, 0.25) is 5.02 Å². The second-order valence-corrected chi connectivity index (χ2v) is 9.19. The minimum absolute atomic E-state index is 0.0176. The lowest BCUT2D eigenvalue weighted by Gasteiger charge is -2.22. The van der Waals surface area contributed by atoms with Gasteiger partial charge in [0, 0.05) is 27.6 Å². The number of sulfone groups is 1. The number of anilines is 1. The van der Waals surface area contributed by atoms with Gasteiger partial charge in [0.1, 0.15) is 5.75 Å². The zero-order valence-electron chi connectivity index (χ0n) is 17.6. The number of hydrogen-bond donors (Lipinski definition) is 2. The first-order valence-electron chi connectivity index (χ1n) is 9.73. The smallest absolute Gasteiger partial charge is 0.253 e. The first-order chi connectivity index (χ1) is 15.7. The van der Waals surface area contributed by atoms with Crippen molar-refractivity contribution in [1.29, 1.82) is 0 Å². The molecule has 33 heavy (non-hydrogen) atoms. The molecule has 1 atom stereocenters. The first kappa shape index (κ1) is 24.0. The van der Waals surface area contributed by atoms with Crippen LogP contribution in [0.4, 0.5) is 5.69 Å². The number of benzene rings is 3. The summed E-state index contributed by atoms with van der Waals surface area (Å²) in [5.41, 5.74) is 0.994. The van der Waals surface area contributed by atoms with Crippen molar-refractivity contribution < 1.29 is 22.7 Å². The van der Waals surface area contributed by atoms with Crippen LogP contribution in [-0.2, 0) is 9.84 Å².